The first-order chi connectivity index (χ1) is 9.15. The third-order valence-corrected chi connectivity index (χ3v) is 3.40. The highest BCUT2D eigenvalue weighted by Gasteiger charge is 2.12. The minimum absolute atomic E-state index is 0.338. The van der Waals surface area contributed by atoms with Crippen LogP contribution in [0.3, 0.4) is 0 Å². The molecule has 1 N–H and O–H groups in total. The molecule has 0 unspecified atom stereocenters. The molecule has 1 aromatic carbocycles. The standard InChI is InChI=1S/C16H23NO2/c1-12(2)17-9-7-15(18)5-3-13-4-6-16-14(11-13)8-10-19-16/h4,6,11-12,17H,3,5,7-10H2,1-2H3. The van der Waals surface area contributed by atoms with Crippen molar-refractivity contribution in [2.45, 2.75) is 45.6 Å². The van der Waals surface area contributed by atoms with Gasteiger partial charge in [-0.1, -0.05) is 26.0 Å². The monoisotopic (exact) mass is 261 g/mol. The molecule has 0 aliphatic carbocycles. The second kappa shape index (κ2) is 6.71. The lowest BCUT2D eigenvalue weighted by atomic mass is 10.0. The van der Waals surface area contributed by atoms with Crippen molar-refractivity contribution in [1.29, 1.82) is 0 Å². The molecule has 0 bridgehead atoms. The number of nitrogens with one attached hydrogen (secondary N) is 1. The van der Waals surface area contributed by atoms with E-state index in [9.17, 15) is 4.79 Å². The first-order valence-corrected chi connectivity index (χ1v) is 7.15. The topological polar surface area (TPSA) is 38.3 Å². The number of rotatable bonds is 7. The predicted molar refractivity (Wildman–Crippen MR) is 76.7 cm³/mol. The number of ketones is 1. The number of hydrogen-bond donors (Lipinski definition) is 1. The van der Waals surface area contributed by atoms with Gasteiger partial charge in [-0.15, -0.1) is 0 Å². The van der Waals surface area contributed by atoms with Crippen LogP contribution in [0.15, 0.2) is 18.2 Å². The predicted octanol–water partition coefficient (Wildman–Crippen LogP) is 2.51. The summed E-state index contributed by atoms with van der Waals surface area (Å²) in [6, 6.07) is 6.73. The fraction of sp³-hybridized carbons (Fsp3) is 0.562. The summed E-state index contributed by atoms with van der Waals surface area (Å²) in [5.74, 6) is 1.35. The van der Waals surface area contributed by atoms with Gasteiger partial charge in [0, 0.05) is 31.8 Å². The van der Waals surface area contributed by atoms with Crippen molar-refractivity contribution in [3.63, 3.8) is 0 Å². The summed E-state index contributed by atoms with van der Waals surface area (Å²) in [6.07, 6.45) is 3.11. The number of aryl methyl sites for hydroxylation is 1. The normalized spacial score (nSPS) is 13.4. The molecular weight excluding hydrogens is 238 g/mol. The third-order valence-electron chi connectivity index (χ3n) is 3.40. The summed E-state index contributed by atoms with van der Waals surface area (Å²) >= 11 is 0. The van der Waals surface area contributed by atoms with Crippen molar-refractivity contribution >= 4 is 5.78 Å². The van der Waals surface area contributed by atoms with Gasteiger partial charge in [-0.2, -0.15) is 0 Å². The fourth-order valence-corrected chi connectivity index (χ4v) is 2.30. The Balaban J connectivity index is 1.74. The molecule has 0 aromatic heterocycles. The van der Waals surface area contributed by atoms with Crippen molar-refractivity contribution in [3.05, 3.63) is 29.3 Å². The molecule has 0 atom stereocenters. The van der Waals surface area contributed by atoms with Crippen LogP contribution in [0.2, 0.25) is 0 Å². The van der Waals surface area contributed by atoms with Gasteiger partial charge in [0.15, 0.2) is 0 Å². The van der Waals surface area contributed by atoms with Gasteiger partial charge in [0.25, 0.3) is 0 Å². The summed E-state index contributed by atoms with van der Waals surface area (Å²) in [6.45, 7) is 5.77. The van der Waals surface area contributed by atoms with E-state index in [-0.39, 0.29) is 0 Å². The van der Waals surface area contributed by atoms with E-state index in [1.54, 1.807) is 0 Å². The molecule has 0 saturated heterocycles. The molecule has 1 aliphatic heterocycles. The highest BCUT2D eigenvalue weighted by molar-refractivity contribution is 5.78. The highest BCUT2D eigenvalue weighted by atomic mass is 16.5. The zero-order valence-corrected chi connectivity index (χ0v) is 11.9. The van der Waals surface area contributed by atoms with Crippen LogP contribution in [0, 0.1) is 0 Å². The first kappa shape index (κ1) is 14.1. The van der Waals surface area contributed by atoms with Gasteiger partial charge < -0.3 is 10.1 Å². The third kappa shape index (κ3) is 4.35. The molecule has 3 heteroatoms. The smallest absolute Gasteiger partial charge is 0.134 e. The molecule has 0 radical (unpaired) electrons. The van der Waals surface area contributed by atoms with Gasteiger partial charge in [0.2, 0.25) is 0 Å². The molecule has 1 aliphatic rings. The summed E-state index contributed by atoms with van der Waals surface area (Å²) in [5, 5.41) is 3.27. The van der Waals surface area contributed by atoms with Crippen LogP contribution < -0.4 is 10.1 Å². The van der Waals surface area contributed by atoms with E-state index in [1.807, 2.05) is 6.07 Å². The lowest BCUT2D eigenvalue weighted by molar-refractivity contribution is -0.118. The van der Waals surface area contributed by atoms with E-state index in [1.165, 1.54) is 11.1 Å². The van der Waals surface area contributed by atoms with Crippen LogP contribution in [-0.4, -0.2) is 25.0 Å². The summed E-state index contributed by atoms with van der Waals surface area (Å²) in [7, 11) is 0. The molecule has 2 rings (SSSR count). The fourth-order valence-electron chi connectivity index (χ4n) is 2.30. The van der Waals surface area contributed by atoms with Crippen LogP contribution >= 0.6 is 0 Å². The quantitative estimate of drug-likeness (QED) is 0.819. The minimum atomic E-state index is 0.338. The second-order valence-electron chi connectivity index (χ2n) is 5.44. The van der Waals surface area contributed by atoms with Gasteiger partial charge in [-0.05, 0) is 23.6 Å². The molecule has 1 heterocycles. The average molecular weight is 261 g/mol. The van der Waals surface area contributed by atoms with Crippen molar-refractivity contribution in [2.75, 3.05) is 13.2 Å². The van der Waals surface area contributed by atoms with Gasteiger partial charge in [-0.25, -0.2) is 0 Å². The van der Waals surface area contributed by atoms with E-state index in [0.717, 1.165) is 31.7 Å². The number of carbonyl (C=O) groups excluding carboxylic acids is 1. The largest absolute Gasteiger partial charge is 0.493 e. The SMILES string of the molecule is CC(C)NCCC(=O)CCc1ccc2c(c1)CCO2. The zero-order chi connectivity index (χ0) is 13.7. The number of hydrogen-bond acceptors (Lipinski definition) is 3. The van der Waals surface area contributed by atoms with Crippen LogP contribution in [0.1, 0.15) is 37.8 Å². The Hall–Kier alpha value is -1.35. The first-order valence-electron chi connectivity index (χ1n) is 7.15. The Morgan fingerprint density at radius 2 is 2.21 bits per heavy atom. The zero-order valence-electron chi connectivity index (χ0n) is 11.9. The van der Waals surface area contributed by atoms with E-state index < -0.39 is 0 Å². The Labute approximate surface area is 115 Å². The Bertz CT molecular complexity index is 440. The molecular formula is C16H23NO2. The molecule has 19 heavy (non-hydrogen) atoms. The average Bonchev–Trinajstić information content (AvgIpc) is 2.83. The van der Waals surface area contributed by atoms with Gasteiger partial charge >= 0.3 is 0 Å². The van der Waals surface area contributed by atoms with Crippen LogP contribution in [0.25, 0.3) is 0 Å². The van der Waals surface area contributed by atoms with Gasteiger partial charge in [0.05, 0.1) is 6.61 Å². The number of fused-ring (bicyclic) bond motifs is 1. The molecule has 0 fully saturated rings. The summed E-state index contributed by atoms with van der Waals surface area (Å²) in [4.78, 5) is 11.8. The summed E-state index contributed by atoms with van der Waals surface area (Å²) < 4.78 is 5.48. The maximum Gasteiger partial charge on any atom is 0.134 e. The van der Waals surface area contributed by atoms with Crippen LogP contribution in [0.4, 0.5) is 0 Å². The molecule has 1 aromatic rings. The van der Waals surface area contributed by atoms with Crippen molar-refractivity contribution in [2.24, 2.45) is 0 Å². The maximum atomic E-state index is 11.8. The van der Waals surface area contributed by atoms with E-state index in [0.29, 0.717) is 24.7 Å². The second-order valence-corrected chi connectivity index (χ2v) is 5.44. The van der Waals surface area contributed by atoms with Crippen molar-refractivity contribution in [1.82, 2.24) is 5.32 Å². The number of ether oxygens (including phenoxy) is 1. The molecule has 3 nitrogen and oxygen atoms in total. The minimum Gasteiger partial charge on any atom is -0.493 e. The Morgan fingerprint density at radius 3 is 3.00 bits per heavy atom. The van der Waals surface area contributed by atoms with Crippen molar-refractivity contribution < 1.29 is 9.53 Å². The molecule has 0 spiro atoms. The van der Waals surface area contributed by atoms with E-state index in [4.69, 9.17) is 4.74 Å². The van der Waals surface area contributed by atoms with E-state index >= 15 is 0 Å². The summed E-state index contributed by atoms with van der Waals surface area (Å²) in [5.41, 5.74) is 2.53. The molecule has 0 amide bonds. The van der Waals surface area contributed by atoms with E-state index in [2.05, 4.69) is 31.3 Å². The van der Waals surface area contributed by atoms with Gasteiger partial charge in [0.1, 0.15) is 11.5 Å². The maximum absolute atomic E-state index is 11.8. The molecule has 104 valence electrons. The Morgan fingerprint density at radius 1 is 1.37 bits per heavy atom. The lowest BCUT2D eigenvalue weighted by Crippen LogP contribution is -2.25. The lowest BCUT2D eigenvalue weighted by Gasteiger charge is -2.07. The molecule has 0 saturated carbocycles. The number of Topliss-reactive ketones (excluding diaryl/α,β-unsaturated/α-hetero) is 1. The Kier molecular flexibility index (Phi) is 4.97. The van der Waals surface area contributed by atoms with Crippen LogP contribution in [0.5, 0.6) is 5.75 Å². The van der Waals surface area contributed by atoms with Crippen molar-refractivity contribution in [3.8, 4) is 5.75 Å². The number of carbonyl (C=O) groups is 1. The number of benzene rings is 1. The van der Waals surface area contributed by atoms with Gasteiger partial charge in [-0.3, -0.25) is 4.79 Å². The highest BCUT2D eigenvalue weighted by Crippen LogP contribution is 2.26. The van der Waals surface area contributed by atoms with Crippen LogP contribution in [-0.2, 0) is 17.6 Å².